The van der Waals surface area contributed by atoms with Gasteiger partial charge in [0, 0.05) is 37.3 Å². The molecule has 3 heterocycles. The Morgan fingerprint density at radius 1 is 0.761 bits per heavy atom. The van der Waals surface area contributed by atoms with Gasteiger partial charge in [0.25, 0.3) is 0 Å². The minimum absolute atomic E-state index is 0.0645. The van der Waals surface area contributed by atoms with E-state index >= 15 is 0 Å². The Labute approximate surface area is 262 Å². The van der Waals surface area contributed by atoms with Gasteiger partial charge in [0.2, 0.25) is 19.2 Å². The van der Waals surface area contributed by atoms with Gasteiger partial charge in [-0.05, 0) is 35.2 Å². The van der Waals surface area contributed by atoms with Crippen LogP contribution in [0.15, 0.2) is 30.3 Å². The predicted molar refractivity (Wildman–Crippen MR) is 155 cm³/mol. The third kappa shape index (κ3) is 5.55. The van der Waals surface area contributed by atoms with Crippen LogP contribution in [0.2, 0.25) is 0 Å². The molecule has 0 N–H and O–H groups in total. The quantitative estimate of drug-likeness (QED) is 0.261. The number of esters is 4. The number of benzene rings is 3. The number of ether oxygens (including phenoxy) is 10. The SMILES string of the molecule is COc1cc2c(OC3OCC(OC(C)=O)C(OC(C)=O)C3OC(C)=O)c3c(c(-c4ccc5c(c4)OCO5)c2cc1OC)C(=O)OC3. The largest absolute Gasteiger partial charge is 0.493 e. The van der Waals surface area contributed by atoms with Crippen LogP contribution >= 0.6 is 0 Å². The average molecular weight is 639 g/mol. The second-order valence-electron chi connectivity index (χ2n) is 10.6. The van der Waals surface area contributed by atoms with Crippen molar-refractivity contribution in [1.29, 1.82) is 0 Å². The van der Waals surface area contributed by atoms with E-state index in [-0.39, 0.29) is 31.3 Å². The lowest BCUT2D eigenvalue weighted by Gasteiger charge is -2.40. The van der Waals surface area contributed by atoms with E-state index in [0.717, 1.165) is 6.92 Å². The summed E-state index contributed by atoms with van der Waals surface area (Å²) < 4.78 is 56.6. The molecule has 0 aromatic heterocycles. The van der Waals surface area contributed by atoms with E-state index < -0.39 is 48.5 Å². The fraction of sp³-hybridized carbons (Fsp3) is 0.375. The molecule has 6 rings (SSSR count). The number of methoxy groups -OCH3 is 2. The highest BCUT2D eigenvalue weighted by atomic mass is 16.7. The molecule has 0 spiro atoms. The number of hydrogen-bond donors (Lipinski definition) is 0. The summed E-state index contributed by atoms with van der Waals surface area (Å²) in [6.45, 7) is 3.16. The lowest BCUT2D eigenvalue weighted by atomic mass is 9.89. The molecule has 1 saturated heterocycles. The third-order valence-electron chi connectivity index (χ3n) is 7.62. The van der Waals surface area contributed by atoms with E-state index in [1.807, 2.05) is 0 Å². The van der Waals surface area contributed by atoms with Crippen molar-refractivity contribution in [3.05, 3.63) is 41.5 Å². The van der Waals surface area contributed by atoms with Crippen molar-refractivity contribution >= 4 is 34.6 Å². The van der Waals surface area contributed by atoms with Crippen molar-refractivity contribution in [2.75, 3.05) is 27.6 Å². The van der Waals surface area contributed by atoms with E-state index in [4.69, 9.17) is 47.4 Å². The highest BCUT2D eigenvalue weighted by molar-refractivity contribution is 6.14. The van der Waals surface area contributed by atoms with E-state index in [2.05, 4.69) is 0 Å². The number of hydrogen-bond acceptors (Lipinski definition) is 14. The first kappa shape index (κ1) is 30.8. The fourth-order valence-electron chi connectivity index (χ4n) is 5.82. The molecule has 14 heteroatoms. The van der Waals surface area contributed by atoms with Gasteiger partial charge < -0.3 is 47.4 Å². The first-order valence-electron chi connectivity index (χ1n) is 14.2. The van der Waals surface area contributed by atoms with Gasteiger partial charge in [0.05, 0.1) is 26.4 Å². The zero-order valence-corrected chi connectivity index (χ0v) is 25.5. The van der Waals surface area contributed by atoms with Gasteiger partial charge in [-0.2, -0.15) is 0 Å². The number of carbonyl (C=O) groups excluding carboxylic acids is 4. The maximum Gasteiger partial charge on any atom is 0.339 e. The minimum Gasteiger partial charge on any atom is -0.493 e. The molecule has 3 aromatic carbocycles. The predicted octanol–water partition coefficient (Wildman–Crippen LogP) is 3.45. The molecule has 0 bridgehead atoms. The van der Waals surface area contributed by atoms with Gasteiger partial charge in [-0.15, -0.1) is 0 Å². The molecule has 242 valence electrons. The zero-order valence-electron chi connectivity index (χ0n) is 25.5. The maximum absolute atomic E-state index is 13.4. The third-order valence-corrected chi connectivity index (χ3v) is 7.62. The van der Waals surface area contributed by atoms with Crippen LogP contribution in [-0.4, -0.2) is 76.1 Å². The first-order valence-corrected chi connectivity index (χ1v) is 14.2. The van der Waals surface area contributed by atoms with Crippen molar-refractivity contribution < 1.29 is 66.5 Å². The Bertz CT molecular complexity index is 1750. The van der Waals surface area contributed by atoms with E-state index in [0.29, 0.717) is 50.5 Å². The Morgan fingerprint density at radius 2 is 1.41 bits per heavy atom. The summed E-state index contributed by atoms with van der Waals surface area (Å²) in [5, 5.41) is 0.997. The second-order valence-corrected chi connectivity index (χ2v) is 10.6. The van der Waals surface area contributed by atoms with Crippen LogP contribution in [0, 0.1) is 0 Å². The fourth-order valence-corrected chi connectivity index (χ4v) is 5.82. The van der Waals surface area contributed by atoms with Crippen molar-refractivity contribution in [1.82, 2.24) is 0 Å². The molecule has 0 saturated carbocycles. The smallest absolute Gasteiger partial charge is 0.339 e. The van der Waals surface area contributed by atoms with Crippen molar-refractivity contribution in [3.8, 4) is 39.9 Å². The normalized spacial score (nSPS) is 21.2. The van der Waals surface area contributed by atoms with Crippen molar-refractivity contribution in [3.63, 3.8) is 0 Å². The molecule has 3 aliphatic rings. The number of rotatable bonds is 8. The molecule has 46 heavy (non-hydrogen) atoms. The lowest BCUT2D eigenvalue weighted by molar-refractivity contribution is -0.259. The minimum atomic E-state index is -1.38. The molecule has 1 fully saturated rings. The molecule has 0 amide bonds. The van der Waals surface area contributed by atoms with Gasteiger partial charge in [0.1, 0.15) is 12.4 Å². The van der Waals surface area contributed by atoms with Crippen molar-refractivity contribution in [2.24, 2.45) is 0 Å². The topological polar surface area (TPSA) is 161 Å². The van der Waals surface area contributed by atoms with E-state index in [1.54, 1.807) is 30.3 Å². The average Bonchev–Trinajstić information content (AvgIpc) is 3.64. The Hall–Kier alpha value is -5.24. The van der Waals surface area contributed by atoms with E-state index in [9.17, 15) is 19.2 Å². The highest BCUT2D eigenvalue weighted by Gasteiger charge is 2.49. The molecule has 3 aromatic rings. The highest BCUT2D eigenvalue weighted by Crippen LogP contribution is 2.49. The molecular formula is C32H30O14. The van der Waals surface area contributed by atoms with Crippen LogP contribution in [0.1, 0.15) is 36.7 Å². The summed E-state index contributed by atoms with van der Waals surface area (Å²) in [5.41, 5.74) is 1.76. The van der Waals surface area contributed by atoms with Gasteiger partial charge >= 0.3 is 23.9 Å². The van der Waals surface area contributed by atoms with Gasteiger partial charge in [0.15, 0.2) is 35.2 Å². The van der Waals surface area contributed by atoms with Crippen LogP contribution in [0.3, 0.4) is 0 Å². The second kappa shape index (κ2) is 12.3. The summed E-state index contributed by atoms with van der Waals surface area (Å²) in [5.74, 6) is -0.746. The first-order chi connectivity index (χ1) is 22.1. The van der Waals surface area contributed by atoms with Gasteiger partial charge in [-0.25, -0.2) is 4.79 Å². The van der Waals surface area contributed by atoms with E-state index in [1.165, 1.54) is 28.1 Å². The maximum atomic E-state index is 13.4. The summed E-state index contributed by atoms with van der Waals surface area (Å²) in [7, 11) is 2.96. The summed E-state index contributed by atoms with van der Waals surface area (Å²) in [4.78, 5) is 49.6. The number of carbonyl (C=O) groups is 4. The van der Waals surface area contributed by atoms with Crippen LogP contribution in [0.4, 0.5) is 0 Å². The van der Waals surface area contributed by atoms with Crippen molar-refractivity contribution in [2.45, 2.75) is 52.0 Å². The van der Waals surface area contributed by atoms with Crippen LogP contribution in [0.25, 0.3) is 21.9 Å². The van der Waals surface area contributed by atoms with Crippen LogP contribution in [-0.2, 0) is 44.7 Å². The molecule has 4 unspecified atom stereocenters. The Morgan fingerprint density at radius 3 is 2.09 bits per heavy atom. The summed E-state index contributed by atoms with van der Waals surface area (Å²) >= 11 is 0. The van der Waals surface area contributed by atoms with Crippen LogP contribution < -0.4 is 23.7 Å². The number of cyclic esters (lactones) is 1. The Kier molecular flexibility index (Phi) is 8.21. The number of fused-ring (bicyclic) bond motifs is 3. The molecule has 3 aliphatic heterocycles. The molecule has 0 radical (unpaired) electrons. The zero-order chi connectivity index (χ0) is 32.7. The summed E-state index contributed by atoms with van der Waals surface area (Å²) in [6.07, 6.45) is -5.14. The monoisotopic (exact) mass is 638 g/mol. The standard InChI is InChI=1S/C32H30O14/c1-14(33)43-25-12-40-32(30(45-16(3)35)29(25)44-15(2)34)46-28-19-10-23(38-5)22(37-4)9-18(19)26(27-20(28)11-39-31(27)36)17-6-7-21-24(8-17)42-13-41-21/h6-10,25,29-30,32H,11-13H2,1-5H3. The molecular weight excluding hydrogens is 608 g/mol. The molecule has 4 atom stereocenters. The van der Waals surface area contributed by atoms with Crippen LogP contribution in [0.5, 0.6) is 28.7 Å². The summed E-state index contributed by atoms with van der Waals surface area (Å²) in [6, 6.07) is 8.69. The van der Waals surface area contributed by atoms with Gasteiger partial charge in [-0.1, -0.05) is 6.07 Å². The molecule has 0 aliphatic carbocycles. The molecule has 14 nitrogen and oxygen atoms in total. The van der Waals surface area contributed by atoms with Gasteiger partial charge in [-0.3, -0.25) is 14.4 Å². The Balaban J connectivity index is 1.54. The lowest BCUT2D eigenvalue weighted by Crippen LogP contribution is -2.59.